The van der Waals surface area contributed by atoms with E-state index in [4.69, 9.17) is 16.7 Å². The highest BCUT2D eigenvalue weighted by Crippen LogP contribution is 2.20. The lowest BCUT2D eigenvalue weighted by Crippen LogP contribution is -2.39. The summed E-state index contributed by atoms with van der Waals surface area (Å²) in [6.45, 7) is 1.31. The monoisotopic (exact) mass is 499 g/mol. The first-order valence-electron chi connectivity index (χ1n) is 10.1. The van der Waals surface area contributed by atoms with E-state index in [9.17, 15) is 18.0 Å². The summed E-state index contributed by atoms with van der Waals surface area (Å²) in [5, 5.41) is 13.2. The molecule has 3 rings (SSSR count). The van der Waals surface area contributed by atoms with E-state index in [1.807, 2.05) is 6.92 Å². The molecule has 0 aliphatic rings. The Kier molecular flexibility index (Phi) is 8.17. The van der Waals surface area contributed by atoms with Gasteiger partial charge in [0.15, 0.2) is 0 Å². The first-order chi connectivity index (χ1) is 16.1. The quantitative estimate of drug-likeness (QED) is 0.344. The normalized spacial score (nSPS) is 11.6. The largest absolute Gasteiger partial charge is 0.478 e. The van der Waals surface area contributed by atoms with Crippen molar-refractivity contribution >= 4 is 39.7 Å². The number of rotatable bonds is 9. The molecule has 0 radical (unpaired) electrons. The molecule has 176 valence electrons. The number of amides is 1. The van der Waals surface area contributed by atoms with Gasteiger partial charge in [-0.2, -0.15) is 9.41 Å². The predicted octanol–water partition coefficient (Wildman–Crippen LogP) is 3.69. The van der Waals surface area contributed by atoms with Crippen LogP contribution in [-0.2, 0) is 21.4 Å². The van der Waals surface area contributed by atoms with E-state index >= 15 is 0 Å². The number of nitrogens with one attached hydrogen (secondary N) is 1. The molecular weight excluding hydrogens is 478 g/mol. The number of aromatic carboxylic acids is 1. The third kappa shape index (κ3) is 6.74. The van der Waals surface area contributed by atoms with E-state index < -0.39 is 28.4 Å². The van der Waals surface area contributed by atoms with Crippen LogP contribution in [0.4, 0.5) is 0 Å². The van der Waals surface area contributed by atoms with Crippen LogP contribution in [0.3, 0.4) is 0 Å². The van der Waals surface area contributed by atoms with Crippen LogP contribution in [0.15, 0.2) is 82.8 Å². The van der Waals surface area contributed by atoms with Gasteiger partial charge in [-0.1, -0.05) is 53.6 Å². The molecule has 0 saturated carbocycles. The Balaban J connectivity index is 1.76. The third-order valence-corrected chi connectivity index (χ3v) is 6.83. The van der Waals surface area contributed by atoms with Crippen LogP contribution >= 0.6 is 11.6 Å². The summed E-state index contributed by atoms with van der Waals surface area (Å²) in [5.41, 5.74) is 4.53. The number of nitrogens with zero attached hydrogens (tertiary/aromatic N) is 2. The fourth-order valence-corrected chi connectivity index (χ4v) is 4.61. The lowest BCUT2D eigenvalue weighted by atomic mass is 10.1. The SMILES string of the molecule is Cc1ccc(S(=O)(=O)N(CC(=O)N/N=C\c2ccc(C(=O)O)cc2)Cc2cccc(Cl)c2)cc1. The highest BCUT2D eigenvalue weighted by Gasteiger charge is 2.27. The summed E-state index contributed by atoms with van der Waals surface area (Å²) in [6, 6.07) is 19.0. The lowest BCUT2D eigenvalue weighted by Gasteiger charge is -2.21. The van der Waals surface area contributed by atoms with Crippen molar-refractivity contribution in [3.8, 4) is 0 Å². The summed E-state index contributed by atoms with van der Waals surface area (Å²) in [5.74, 6) is -1.69. The van der Waals surface area contributed by atoms with Gasteiger partial charge in [-0.15, -0.1) is 0 Å². The van der Waals surface area contributed by atoms with E-state index in [2.05, 4.69) is 10.5 Å². The maximum absolute atomic E-state index is 13.3. The molecular formula is C24H22ClN3O5S. The molecule has 0 aliphatic heterocycles. The Hall–Kier alpha value is -3.53. The van der Waals surface area contributed by atoms with Gasteiger partial charge in [0.25, 0.3) is 5.91 Å². The molecule has 10 heteroatoms. The number of hydrogen-bond acceptors (Lipinski definition) is 5. The van der Waals surface area contributed by atoms with Crippen LogP contribution < -0.4 is 5.43 Å². The Morgan fingerprint density at radius 3 is 2.35 bits per heavy atom. The fraction of sp³-hybridized carbons (Fsp3) is 0.125. The highest BCUT2D eigenvalue weighted by molar-refractivity contribution is 7.89. The number of hydrogen-bond donors (Lipinski definition) is 2. The second-order valence-electron chi connectivity index (χ2n) is 7.44. The minimum Gasteiger partial charge on any atom is -0.478 e. The Morgan fingerprint density at radius 1 is 1.06 bits per heavy atom. The molecule has 3 aromatic carbocycles. The van der Waals surface area contributed by atoms with Crippen molar-refractivity contribution in [3.05, 3.63) is 100 Å². The van der Waals surface area contributed by atoms with Gasteiger partial charge >= 0.3 is 5.97 Å². The summed E-state index contributed by atoms with van der Waals surface area (Å²) in [4.78, 5) is 23.5. The molecule has 1 amide bonds. The first kappa shape index (κ1) is 25.1. The molecule has 0 aliphatic carbocycles. The Bertz CT molecular complexity index is 1310. The minimum atomic E-state index is -3.99. The molecule has 0 unspecified atom stereocenters. The maximum atomic E-state index is 13.3. The molecule has 0 saturated heterocycles. The molecule has 8 nitrogen and oxygen atoms in total. The van der Waals surface area contributed by atoms with Crippen molar-refractivity contribution in [2.75, 3.05) is 6.54 Å². The summed E-state index contributed by atoms with van der Waals surface area (Å²) < 4.78 is 27.6. The van der Waals surface area contributed by atoms with Gasteiger partial charge in [-0.3, -0.25) is 4.79 Å². The highest BCUT2D eigenvalue weighted by atomic mass is 35.5. The van der Waals surface area contributed by atoms with Gasteiger partial charge < -0.3 is 5.11 Å². The van der Waals surface area contributed by atoms with Crippen molar-refractivity contribution in [1.29, 1.82) is 0 Å². The second kappa shape index (κ2) is 11.1. The first-order valence-corrected chi connectivity index (χ1v) is 11.9. The van der Waals surface area contributed by atoms with Crippen molar-refractivity contribution in [2.45, 2.75) is 18.4 Å². The van der Waals surface area contributed by atoms with Gasteiger partial charge in [0, 0.05) is 11.6 Å². The standard InChI is InChI=1S/C24H22ClN3O5S/c1-17-5-11-22(12-6-17)34(32,33)28(15-19-3-2-4-21(25)13-19)16-23(29)27-26-14-18-7-9-20(10-8-18)24(30)31/h2-14H,15-16H2,1H3,(H,27,29)(H,30,31)/b26-14-. The Morgan fingerprint density at radius 2 is 1.74 bits per heavy atom. The number of halogens is 1. The predicted molar refractivity (Wildman–Crippen MR) is 129 cm³/mol. The van der Waals surface area contributed by atoms with Crippen LogP contribution in [0, 0.1) is 6.92 Å². The fourth-order valence-electron chi connectivity index (χ4n) is 3.01. The summed E-state index contributed by atoms with van der Waals surface area (Å²) in [6.07, 6.45) is 1.33. The zero-order chi connectivity index (χ0) is 24.7. The number of carboxylic acids is 1. The zero-order valence-corrected chi connectivity index (χ0v) is 19.8. The van der Waals surface area contributed by atoms with Gasteiger partial charge in [-0.05, 0) is 54.4 Å². The smallest absolute Gasteiger partial charge is 0.335 e. The van der Waals surface area contributed by atoms with Crippen LogP contribution in [0.5, 0.6) is 0 Å². The third-order valence-electron chi connectivity index (χ3n) is 4.79. The minimum absolute atomic E-state index is 0.0648. The van der Waals surface area contributed by atoms with Gasteiger partial charge in [-0.25, -0.2) is 18.6 Å². The van der Waals surface area contributed by atoms with Crippen molar-refractivity contribution in [3.63, 3.8) is 0 Å². The van der Waals surface area contributed by atoms with Crippen LogP contribution in [0.1, 0.15) is 27.0 Å². The van der Waals surface area contributed by atoms with Crippen LogP contribution in [0.2, 0.25) is 5.02 Å². The van der Waals surface area contributed by atoms with Crippen molar-refractivity contribution < 1.29 is 23.1 Å². The lowest BCUT2D eigenvalue weighted by molar-refractivity contribution is -0.121. The molecule has 34 heavy (non-hydrogen) atoms. The molecule has 0 heterocycles. The van der Waals surface area contributed by atoms with E-state index in [1.54, 1.807) is 36.4 Å². The van der Waals surface area contributed by atoms with Gasteiger partial charge in [0.1, 0.15) is 0 Å². The number of carboxylic acid groups (broad SMARTS) is 1. The van der Waals surface area contributed by atoms with E-state index in [-0.39, 0.29) is 17.0 Å². The molecule has 0 aromatic heterocycles. The number of carbonyl (C=O) groups is 2. The molecule has 0 fully saturated rings. The summed E-state index contributed by atoms with van der Waals surface area (Å²) in [7, 11) is -3.99. The maximum Gasteiger partial charge on any atom is 0.335 e. The van der Waals surface area contributed by atoms with E-state index in [0.29, 0.717) is 16.1 Å². The number of carbonyl (C=O) groups excluding carboxylic acids is 1. The summed E-state index contributed by atoms with van der Waals surface area (Å²) >= 11 is 6.04. The Labute approximate surface area is 202 Å². The molecule has 3 aromatic rings. The number of aryl methyl sites for hydroxylation is 1. The number of hydrazone groups is 1. The van der Waals surface area contributed by atoms with Crippen molar-refractivity contribution in [1.82, 2.24) is 9.73 Å². The van der Waals surface area contributed by atoms with Crippen LogP contribution in [-0.4, -0.2) is 42.5 Å². The van der Waals surface area contributed by atoms with Gasteiger partial charge in [0.05, 0.1) is 23.2 Å². The average Bonchev–Trinajstić information content (AvgIpc) is 2.79. The van der Waals surface area contributed by atoms with E-state index in [0.717, 1.165) is 9.87 Å². The topological polar surface area (TPSA) is 116 Å². The zero-order valence-electron chi connectivity index (χ0n) is 18.2. The molecule has 0 atom stereocenters. The van der Waals surface area contributed by atoms with Gasteiger partial charge in [0.2, 0.25) is 10.0 Å². The second-order valence-corrected chi connectivity index (χ2v) is 9.81. The van der Waals surface area contributed by atoms with Crippen LogP contribution in [0.25, 0.3) is 0 Å². The number of sulfonamides is 1. The molecule has 0 spiro atoms. The van der Waals surface area contributed by atoms with Crippen molar-refractivity contribution in [2.24, 2.45) is 5.10 Å². The molecule has 0 bridgehead atoms. The average molecular weight is 500 g/mol. The molecule has 2 N–H and O–H groups in total. The number of benzene rings is 3. The van der Waals surface area contributed by atoms with E-state index in [1.165, 1.54) is 42.6 Å².